The number of piperidine rings is 1. The van der Waals surface area contributed by atoms with Crippen LogP contribution in [0.2, 0.25) is 0 Å². The average molecular weight is 1110 g/mol. The fourth-order valence-corrected chi connectivity index (χ4v) is 10.2. The van der Waals surface area contributed by atoms with Gasteiger partial charge in [-0.15, -0.1) is 0 Å². The van der Waals surface area contributed by atoms with Gasteiger partial charge in [-0.2, -0.15) is 0 Å². The Morgan fingerprint density at radius 2 is 1.36 bits per heavy atom. The predicted molar refractivity (Wildman–Crippen MR) is 307 cm³/mol. The molecule has 1 aromatic heterocycles. The van der Waals surface area contributed by atoms with E-state index in [1.54, 1.807) is 48.2 Å². The van der Waals surface area contributed by atoms with Gasteiger partial charge in [0.25, 0.3) is 0 Å². The van der Waals surface area contributed by atoms with Crippen molar-refractivity contribution < 1.29 is 57.2 Å². The van der Waals surface area contributed by atoms with Crippen LogP contribution >= 0.6 is 0 Å². The lowest BCUT2D eigenvalue weighted by Gasteiger charge is -2.38. The Kier molecular flexibility index (Phi) is 23.9. The molecule has 4 aromatic carbocycles. The number of nitrogens with one attached hydrogen (secondary N) is 2. The SMILES string of the molecule is CC/C(=C(\c1ccc(O)cc1)c1ccc(OCCC(C)CCC(=O)COCCOCCOCCOC(=O)N2CCC([C@H](NC(=O)[C@H](C)NC)C(=O)N3CCC[C@H]3c3cncc(C(=O)c4ccc(F)cc4)c3)CC2)cc1)c1ccccc1. The van der Waals surface area contributed by atoms with E-state index in [4.69, 9.17) is 23.7 Å². The van der Waals surface area contributed by atoms with Crippen molar-refractivity contribution in [2.75, 3.05) is 79.5 Å². The summed E-state index contributed by atoms with van der Waals surface area (Å²) in [5.41, 5.74) is 6.92. The van der Waals surface area contributed by atoms with Gasteiger partial charge in [0.1, 0.15) is 36.6 Å². The maximum Gasteiger partial charge on any atom is 0.409 e. The van der Waals surface area contributed by atoms with Crippen LogP contribution in [0.4, 0.5) is 9.18 Å². The number of allylic oxidation sites excluding steroid dienone is 1. The van der Waals surface area contributed by atoms with Crippen LogP contribution < -0.4 is 15.4 Å². The van der Waals surface area contributed by atoms with Gasteiger partial charge >= 0.3 is 6.09 Å². The molecule has 0 radical (unpaired) electrons. The second kappa shape index (κ2) is 31.6. The summed E-state index contributed by atoms with van der Waals surface area (Å²) in [5.74, 6) is -0.225. The molecule has 16 nitrogen and oxygen atoms in total. The van der Waals surface area contributed by atoms with Crippen LogP contribution in [0, 0.1) is 17.7 Å². The van der Waals surface area contributed by atoms with E-state index in [9.17, 15) is 33.5 Å². The standard InChI is InChI=1S/C64H78FN5O11/c1-5-57(46-10-7-6-8-11-46)59(47-16-23-54(71)24-17-47)48-18-25-56(26-19-48)80-33-29-44(2)13-22-55(72)43-79-37-36-77-34-35-78-38-39-81-64(76)69-31-27-49(28-32-69)60(68-62(74)45(3)66-4)63(75)70-30-9-12-58(70)51-40-52(42-67-41-51)61(73)50-14-20-53(65)21-15-50/h6-8,10-11,14-21,23-26,40-42,44-45,49,58,60,66,71H,5,9,12-13,22,27-39,43H2,1-4H3,(H,68,74)/b59-57-/t44?,45-,58-,60-/m0/s1. The second-order valence-electron chi connectivity index (χ2n) is 20.7. The Morgan fingerprint density at radius 1 is 0.716 bits per heavy atom. The van der Waals surface area contributed by atoms with Crippen molar-refractivity contribution in [2.24, 2.45) is 11.8 Å². The summed E-state index contributed by atoms with van der Waals surface area (Å²) in [5, 5.41) is 15.9. The minimum absolute atomic E-state index is 0.0223. The minimum Gasteiger partial charge on any atom is -0.508 e. The minimum atomic E-state index is -0.846. The molecular formula is C64H78FN5O11. The van der Waals surface area contributed by atoms with Crippen LogP contribution in [0.25, 0.3) is 11.1 Å². The molecule has 2 saturated heterocycles. The van der Waals surface area contributed by atoms with E-state index in [0.717, 1.165) is 53.7 Å². The first-order chi connectivity index (χ1) is 39.3. The first kappa shape index (κ1) is 61.3. The van der Waals surface area contributed by atoms with Crippen LogP contribution in [0.3, 0.4) is 0 Å². The van der Waals surface area contributed by atoms with Crippen LogP contribution in [-0.2, 0) is 33.3 Å². The number of ketones is 2. The molecular weight excluding hydrogens is 1030 g/mol. The maximum absolute atomic E-state index is 14.5. The molecule has 17 heteroatoms. The average Bonchev–Trinajstić information content (AvgIpc) is 4.07. The first-order valence-electron chi connectivity index (χ1n) is 28.3. The molecule has 0 saturated carbocycles. The van der Waals surface area contributed by atoms with E-state index in [2.05, 4.69) is 53.7 Å². The van der Waals surface area contributed by atoms with Gasteiger partial charge in [0.15, 0.2) is 11.6 Å². The smallest absolute Gasteiger partial charge is 0.409 e. The number of carbonyl (C=O) groups is 5. The predicted octanol–water partition coefficient (Wildman–Crippen LogP) is 9.64. The highest BCUT2D eigenvalue weighted by atomic mass is 19.1. The quantitative estimate of drug-likeness (QED) is 0.0224. The zero-order chi connectivity index (χ0) is 57.5. The lowest BCUT2D eigenvalue weighted by Crippen LogP contribution is -2.57. The number of phenolic OH excluding ortho intramolecular Hbond substituents is 1. The first-order valence-corrected chi connectivity index (χ1v) is 28.3. The fourth-order valence-electron chi connectivity index (χ4n) is 10.2. The van der Waals surface area contributed by atoms with Crippen molar-refractivity contribution in [3.05, 3.63) is 161 Å². The molecule has 0 bridgehead atoms. The zero-order valence-corrected chi connectivity index (χ0v) is 47.1. The van der Waals surface area contributed by atoms with Gasteiger partial charge in [-0.05, 0) is 159 Å². The Bertz CT molecular complexity index is 2840. The van der Waals surface area contributed by atoms with Gasteiger partial charge in [0, 0.05) is 49.6 Å². The van der Waals surface area contributed by atoms with Gasteiger partial charge in [-0.25, -0.2) is 9.18 Å². The van der Waals surface area contributed by atoms with Crippen molar-refractivity contribution in [3.63, 3.8) is 0 Å². The number of amides is 3. The highest BCUT2D eigenvalue weighted by molar-refractivity contribution is 6.09. The molecule has 2 aliphatic heterocycles. The lowest BCUT2D eigenvalue weighted by molar-refractivity contribution is -0.139. The van der Waals surface area contributed by atoms with E-state index >= 15 is 0 Å². The molecule has 3 amide bonds. The van der Waals surface area contributed by atoms with Gasteiger partial charge < -0.3 is 49.2 Å². The van der Waals surface area contributed by atoms with Crippen LogP contribution in [-0.4, -0.2) is 141 Å². The molecule has 3 heterocycles. The summed E-state index contributed by atoms with van der Waals surface area (Å²) in [6.07, 6.45) is 7.70. The van der Waals surface area contributed by atoms with E-state index in [-0.39, 0.29) is 80.0 Å². The topological polar surface area (TPSA) is 195 Å². The summed E-state index contributed by atoms with van der Waals surface area (Å²) in [6, 6.07) is 31.1. The van der Waals surface area contributed by atoms with E-state index in [1.807, 2.05) is 42.5 Å². The third kappa shape index (κ3) is 18.1. The number of hydrogen-bond acceptors (Lipinski definition) is 13. The normalized spacial score (nSPS) is 16.0. The second-order valence-corrected chi connectivity index (χ2v) is 20.7. The molecule has 81 heavy (non-hydrogen) atoms. The van der Waals surface area contributed by atoms with E-state index in [0.29, 0.717) is 81.8 Å². The number of Topliss-reactive ketones (excluding diaryl/α,β-unsaturated/α-hetero) is 1. The number of ether oxygens (including phenoxy) is 5. The van der Waals surface area contributed by atoms with Gasteiger partial charge in [-0.1, -0.05) is 68.4 Å². The number of benzene rings is 4. The highest BCUT2D eigenvalue weighted by Crippen LogP contribution is 2.37. The Hall–Kier alpha value is -7.31. The maximum atomic E-state index is 14.5. The summed E-state index contributed by atoms with van der Waals surface area (Å²) in [6.45, 7) is 9.05. The summed E-state index contributed by atoms with van der Waals surface area (Å²) in [4.78, 5) is 74.3. The summed E-state index contributed by atoms with van der Waals surface area (Å²) in [7, 11) is 1.67. The molecule has 0 aliphatic carbocycles. The van der Waals surface area contributed by atoms with Crippen LogP contribution in [0.1, 0.15) is 116 Å². The highest BCUT2D eigenvalue weighted by Gasteiger charge is 2.41. The number of likely N-dealkylation sites (N-methyl/N-ethyl adjacent to an activating group) is 1. The van der Waals surface area contributed by atoms with Gasteiger partial charge in [0.05, 0.1) is 51.7 Å². The number of phenols is 1. The Balaban J connectivity index is 0.737. The summed E-state index contributed by atoms with van der Waals surface area (Å²) >= 11 is 0. The number of rotatable bonds is 30. The molecule has 432 valence electrons. The Morgan fingerprint density at radius 3 is 2.02 bits per heavy atom. The number of aromatic nitrogens is 1. The number of pyridine rings is 1. The van der Waals surface area contributed by atoms with Crippen molar-refractivity contribution >= 4 is 40.6 Å². The monoisotopic (exact) mass is 1110 g/mol. The molecule has 1 unspecified atom stereocenters. The molecule has 4 atom stereocenters. The largest absolute Gasteiger partial charge is 0.508 e. The van der Waals surface area contributed by atoms with Gasteiger partial charge in [0.2, 0.25) is 11.8 Å². The molecule has 5 aromatic rings. The number of nitrogens with zero attached hydrogens (tertiary/aromatic N) is 3. The number of halogens is 1. The molecule has 0 spiro atoms. The number of carbonyl (C=O) groups excluding carboxylic acids is 5. The third-order valence-electron chi connectivity index (χ3n) is 15.0. The molecule has 3 N–H and O–H groups in total. The van der Waals surface area contributed by atoms with E-state index in [1.165, 1.54) is 36.0 Å². The third-order valence-corrected chi connectivity index (χ3v) is 15.0. The fraction of sp³-hybridized carbons (Fsp3) is 0.438. The zero-order valence-electron chi connectivity index (χ0n) is 47.1. The van der Waals surface area contributed by atoms with Crippen molar-refractivity contribution in [3.8, 4) is 11.5 Å². The van der Waals surface area contributed by atoms with Crippen LogP contribution in [0.5, 0.6) is 11.5 Å². The van der Waals surface area contributed by atoms with Crippen molar-refractivity contribution in [2.45, 2.75) is 90.3 Å². The molecule has 2 aliphatic rings. The lowest BCUT2D eigenvalue weighted by atomic mass is 9.88. The number of hydrogen-bond donors (Lipinski definition) is 3. The summed E-state index contributed by atoms with van der Waals surface area (Å²) < 4.78 is 41.9. The van der Waals surface area contributed by atoms with E-state index < -0.39 is 24.0 Å². The number of aromatic hydroxyl groups is 1. The van der Waals surface area contributed by atoms with Crippen LogP contribution in [0.15, 0.2) is 122 Å². The number of likely N-dealkylation sites (tertiary alicyclic amines) is 2. The molecule has 2 fully saturated rings. The van der Waals surface area contributed by atoms with Gasteiger partial charge in [-0.3, -0.25) is 24.2 Å². The molecule has 7 rings (SSSR count). The Labute approximate surface area is 475 Å². The van der Waals surface area contributed by atoms with Crippen molar-refractivity contribution in [1.82, 2.24) is 25.4 Å². The van der Waals surface area contributed by atoms with Crippen molar-refractivity contribution in [1.29, 1.82) is 0 Å².